The molecule has 0 saturated heterocycles. The molecule has 0 fully saturated rings. The van der Waals surface area contributed by atoms with Gasteiger partial charge >= 0.3 is 0 Å². The molecular formula is C9H5F5OS. The minimum absolute atomic E-state index is 0.0375. The van der Waals surface area contributed by atoms with E-state index in [9.17, 15) is 26.7 Å². The highest BCUT2D eigenvalue weighted by atomic mass is 32.2. The average molecular weight is 256 g/mol. The van der Waals surface area contributed by atoms with E-state index in [1.54, 1.807) is 0 Å². The van der Waals surface area contributed by atoms with Gasteiger partial charge in [-0.25, -0.2) is 22.0 Å². The summed E-state index contributed by atoms with van der Waals surface area (Å²) in [6.45, 7) is 0. The maximum Gasteiger partial charge on any atom is 0.200 e. The molecule has 0 aliphatic carbocycles. The van der Waals surface area contributed by atoms with Gasteiger partial charge in [0, 0.05) is 12.2 Å². The lowest BCUT2D eigenvalue weighted by Gasteiger charge is -2.06. The minimum Gasteiger partial charge on any atom is -0.303 e. The van der Waals surface area contributed by atoms with Gasteiger partial charge in [0.05, 0.1) is 4.90 Å². The summed E-state index contributed by atoms with van der Waals surface area (Å²) in [5.41, 5.74) is 0. The van der Waals surface area contributed by atoms with Crippen LogP contribution in [0.5, 0.6) is 0 Å². The van der Waals surface area contributed by atoms with Gasteiger partial charge in [0.15, 0.2) is 23.3 Å². The first-order chi connectivity index (χ1) is 7.50. The molecule has 1 nitrogen and oxygen atoms in total. The second kappa shape index (κ2) is 5.29. The number of hydrogen-bond acceptors (Lipinski definition) is 2. The molecule has 7 heteroatoms. The second-order valence-electron chi connectivity index (χ2n) is 2.70. The van der Waals surface area contributed by atoms with Gasteiger partial charge in [-0.2, -0.15) is 0 Å². The van der Waals surface area contributed by atoms with E-state index in [2.05, 4.69) is 0 Å². The Labute approximate surface area is 91.6 Å². The van der Waals surface area contributed by atoms with Gasteiger partial charge in [0.25, 0.3) is 0 Å². The van der Waals surface area contributed by atoms with Crippen molar-refractivity contribution < 1.29 is 26.7 Å². The van der Waals surface area contributed by atoms with Crippen molar-refractivity contribution >= 4 is 18.0 Å². The number of halogens is 5. The third-order valence-electron chi connectivity index (χ3n) is 1.65. The fraction of sp³-hybridized carbons (Fsp3) is 0.222. The van der Waals surface area contributed by atoms with Crippen LogP contribution < -0.4 is 0 Å². The second-order valence-corrected chi connectivity index (χ2v) is 3.81. The van der Waals surface area contributed by atoms with Gasteiger partial charge in [-0.3, -0.25) is 0 Å². The zero-order valence-corrected chi connectivity index (χ0v) is 8.51. The lowest BCUT2D eigenvalue weighted by Crippen LogP contribution is -2.03. The van der Waals surface area contributed by atoms with Gasteiger partial charge in [0.1, 0.15) is 6.29 Å². The summed E-state index contributed by atoms with van der Waals surface area (Å²) in [7, 11) is 0. The average Bonchev–Trinajstić information content (AvgIpc) is 2.28. The van der Waals surface area contributed by atoms with E-state index in [4.69, 9.17) is 0 Å². The maximum atomic E-state index is 13.0. The monoisotopic (exact) mass is 256 g/mol. The third kappa shape index (κ3) is 2.34. The van der Waals surface area contributed by atoms with E-state index < -0.39 is 34.0 Å². The van der Waals surface area contributed by atoms with E-state index in [0.29, 0.717) is 18.0 Å². The molecule has 0 spiro atoms. The SMILES string of the molecule is O=CCCSc1c(F)c(F)c(F)c(F)c1F. The Bertz CT molecular complexity index is 392. The Kier molecular flexibility index (Phi) is 4.28. The Morgan fingerprint density at radius 3 is 1.75 bits per heavy atom. The molecule has 88 valence electrons. The first-order valence-corrected chi connectivity index (χ1v) is 5.07. The molecule has 0 heterocycles. The van der Waals surface area contributed by atoms with Crippen molar-refractivity contribution in [2.24, 2.45) is 0 Å². The fourth-order valence-electron chi connectivity index (χ4n) is 0.921. The molecule has 16 heavy (non-hydrogen) atoms. The van der Waals surface area contributed by atoms with Crippen molar-refractivity contribution in [3.8, 4) is 0 Å². The van der Waals surface area contributed by atoms with Crippen LogP contribution in [0.25, 0.3) is 0 Å². The highest BCUT2D eigenvalue weighted by Crippen LogP contribution is 2.30. The Morgan fingerprint density at radius 2 is 1.31 bits per heavy atom. The molecule has 0 amide bonds. The van der Waals surface area contributed by atoms with Gasteiger partial charge in [-0.15, -0.1) is 11.8 Å². The summed E-state index contributed by atoms with van der Waals surface area (Å²) in [5, 5.41) is 0. The van der Waals surface area contributed by atoms with Crippen LogP contribution in [0.3, 0.4) is 0 Å². The number of carbonyl (C=O) groups is 1. The Balaban J connectivity index is 3.13. The lowest BCUT2D eigenvalue weighted by atomic mass is 10.3. The van der Waals surface area contributed by atoms with Crippen LogP contribution >= 0.6 is 11.8 Å². The number of carbonyl (C=O) groups excluding carboxylic acids is 1. The standard InChI is InChI=1S/C9H5F5OS/c10-4-5(11)7(13)9(8(14)6(4)12)16-3-1-2-15/h2H,1,3H2. The van der Waals surface area contributed by atoms with Crippen molar-refractivity contribution in [2.45, 2.75) is 11.3 Å². The first kappa shape index (κ1) is 13.0. The zero-order valence-electron chi connectivity index (χ0n) is 7.70. The van der Waals surface area contributed by atoms with Gasteiger partial charge < -0.3 is 4.79 Å². The highest BCUT2D eigenvalue weighted by Gasteiger charge is 2.25. The smallest absolute Gasteiger partial charge is 0.200 e. The number of hydrogen-bond donors (Lipinski definition) is 0. The summed E-state index contributed by atoms with van der Waals surface area (Å²) in [6, 6.07) is 0. The van der Waals surface area contributed by atoms with Crippen molar-refractivity contribution in [2.75, 3.05) is 5.75 Å². The summed E-state index contributed by atoms with van der Waals surface area (Å²) in [5.74, 6) is -9.93. The molecule has 0 N–H and O–H groups in total. The van der Waals surface area contributed by atoms with E-state index in [0.717, 1.165) is 0 Å². The van der Waals surface area contributed by atoms with Crippen LogP contribution in [0.2, 0.25) is 0 Å². The van der Waals surface area contributed by atoms with Crippen LogP contribution in [0, 0.1) is 29.1 Å². The molecule has 1 aromatic rings. The quantitative estimate of drug-likeness (QED) is 0.206. The summed E-state index contributed by atoms with van der Waals surface area (Å²) in [4.78, 5) is 8.98. The summed E-state index contributed by atoms with van der Waals surface area (Å²) < 4.78 is 63.9. The van der Waals surface area contributed by atoms with Crippen molar-refractivity contribution in [1.29, 1.82) is 0 Å². The van der Waals surface area contributed by atoms with Crippen molar-refractivity contribution in [1.82, 2.24) is 0 Å². The van der Waals surface area contributed by atoms with Crippen LogP contribution in [0.1, 0.15) is 6.42 Å². The van der Waals surface area contributed by atoms with Crippen LogP contribution in [0.15, 0.2) is 4.90 Å². The molecular weight excluding hydrogens is 251 g/mol. The largest absolute Gasteiger partial charge is 0.303 e. The zero-order chi connectivity index (χ0) is 12.3. The number of thioether (sulfide) groups is 1. The topological polar surface area (TPSA) is 17.1 Å². The number of benzene rings is 1. The lowest BCUT2D eigenvalue weighted by molar-refractivity contribution is -0.107. The summed E-state index contributed by atoms with van der Waals surface area (Å²) in [6.07, 6.45) is 0.448. The Hall–Kier alpha value is -1.11. The number of aldehydes is 1. The maximum absolute atomic E-state index is 13.0. The molecule has 0 radical (unpaired) electrons. The molecule has 0 bridgehead atoms. The van der Waals surface area contributed by atoms with E-state index in [1.807, 2.05) is 0 Å². The predicted molar refractivity (Wildman–Crippen MR) is 47.6 cm³/mol. The van der Waals surface area contributed by atoms with Gasteiger partial charge in [-0.05, 0) is 0 Å². The first-order valence-electron chi connectivity index (χ1n) is 4.08. The normalized spacial score (nSPS) is 10.6. The third-order valence-corrected chi connectivity index (χ3v) is 2.74. The molecule has 1 aromatic carbocycles. The molecule has 0 atom stereocenters. The number of rotatable bonds is 4. The highest BCUT2D eigenvalue weighted by molar-refractivity contribution is 7.99. The van der Waals surface area contributed by atoms with E-state index in [1.165, 1.54) is 0 Å². The molecule has 0 aliphatic heterocycles. The molecule has 0 aromatic heterocycles. The Morgan fingerprint density at radius 1 is 0.875 bits per heavy atom. The van der Waals surface area contributed by atoms with Crippen LogP contribution in [-0.4, -0.2) is 12.0 Å². The molecule has 0 aliphatic rings. The van der Waals surface area contributed by atoms with Crippen LogP contribution in [0.4, 0.5) is 22.0 Å². The fourth-order valence-corrected chi connectivity index (χ4v) is 1.77. The van der Waals surface area contributed by atoms with Crippen LogP contribution in [-0.2, 0) is 4.79 Å². The van der Waals surface area contributed by atoms with E-state index >= 15 is 0 Å². The van der Waals surface area contributed by atoms with Gasteiger partial charge in [0.2, 0.25) is 5.82 Å². The van der Waals surface area contributed by atoms with Crippen molar-refractivity contribution in [3.63, 3.8) is 0 Å². The van der Waals surface area contributed by atoms with E-state index in [-0.39, 0.29) is 12.2 Å². The molecule has 0 unspecified atom stereocenters. The van der Waals surface area contributed by atoms with Gasteiger partial charge in [-0.1, -0.05) is 0 Å². The predicted octanol–water partition coefficient (Wildman–Crippen LogP) is 3.06. The molecule has 0 saturated carbocycles. The molecule has 1 rings (SSSR count). The van der Waals surface area contributed by atoms with Crippen molar-refractivity contribution in [3.05, 3.63) is 29.1 Å². The minimum atomic E-state index is -2.19. The summed E-state index contributed by atoms with van der Waals surface area (Å²) >= 11 is 0.407.